The highest BCUT2D eigenvalue weighted by Crippen LogP contribution is 2.42. The van der Waals surface area contributed by atoms with Gasteiger partial charge in [0.15, 0.2) is 5.60 Å². The van der Waals surface area contributed by atoms with Gasteiger partial charge in [0, 0.05) is 17.2 Å². The average molecular weight is 226 g/mol. The first kappa shape index (κ1) is 9.90. The zero-order chi connectivity index (χ0) is 11.9. The first-order chi connectivity index (χ1) is 8.21. The molecule has 1 aliphatic carbocycles. The molecular weight excluding hydrogens is 216 g/mol. The fourth-order valence-electron chi connectivity index (χ4n) is 2.18. The molecule has 3 rings (SSSR count). The average Bonchev–Trinajstić information content (AvgIpc) is 2.67. The smallest absolute Gasteiger partial charge is 0.332 e. The van der Waals surface area contributed by atoms with Crippen molar-refractivity contribution >= 4 is 5.97 Å². The lowest BCUT2D eigenvalue weighted by molar-refractivity contribution is -0.143. The van der Waals surface area contributed by atoms with Crippen LogP contribution in [-0.2, 0) is 15.1 Å². The molecule has 1 N–H and O–H groups in total. The lowest BCUT2D eigenvalue weighted by Crippen LogP contribution is -2.28. The summed E-state index contributed by atoms with van der Waals surface area (Å²) in [5.41, 5.74) is 0.663. The molecule has 1 aliphatic heterocycles. The van der Waals surface area contributed by atoms with E-state index in [-0.39, 0.29) is 11.7 Å². The molecule has 17 heavy (non-hydrogen) atoms. The highest BCUT2D eigenvalue weighted by molar-refractivity contribution is 5.89. The highest BCUT2D eigenvalue weighted by Gasteiger charge is 2.43. The van der Waals surface area contributed by atoms with Crippen molar-refractivity contribution in [1.82, 2.24) is 0 Å². The lowest BCUT2D eigenvalue weighted by atomic mass is 9.83. The van der Waals surface area contributed by atoms with E-state index >= 15 is 0 Å². The van der Waals surface area contributed by atoms with Crippen molar-refractivity contribution < 1.29 is 14.6 Å². The molecule has 0 radical (unpaired) electrons. The number of carbonyl (C=O) groups is 1. The van der Waals surface area contributed by atoms with Crippen molar-refractivity contribution in [2.75, 3.05) is 0 Å². The topological polar surface area (TPSA) is 46.5 Å². The lowest BCUT2D eigenvalue weighted by Gasteiger charge is -2.29. The van der Waals surface area contributed by atoms with Gasteiger partial charge >= 0.3 is 5.97 Å². The van der Waals surface area contributed by atoms with Crippen molar-refractivity contribution in [3.05, 3.63) is 71.5 Å². The van der Waals surface area contributed by atoms with Crippen LogP contribution in [0.1, 0.15) is 5.56 Å². The maximum absolute atomic E-state index is 11.5. The van der Waals surface area contributed by atoms with Gasteiger partial charge in [-0.05, 0) is 18.2 Å². The predicted molar refractivity (Wildman–Crippen MR) is 62.1 cm³/mol. The Morgan fingerprint density at radius 1 is 1.12 bits per heavy atom. The van der Waals surface area contributed by atoms with E-state index in [4.69, 9.17) is 4.74 Å². The minimum Gasteiger partial charge on any atom is -0.508 e. The third kappa shape index (κ3) is 1.40. The number of esters is 1. The minimum atomic E-state index is -0.870. The molecule has 1 aromatic carbocycles. The fourth-order valence-corrected chi connectivity index (χ4v) is 2.18. The van der Waals surface area contributed by atoms with Crippen LogP contribution >= 0.6 is 0 Å². The van der Waals surface area contributed by atoms with Crippen LogP contribution < -0.4 is 0 Å². The van der Waals surface area contributed by atoms with Gasteiger partial charge in [-0.3, -0.25) is 0 Å². The number of hydrogen-bond acceptors (Lipinski definition) is 3. The molecule has 0 fully saturated rings. The third-order valence-corrected chi connectivity index (χ3v) is 2.96. The molecule has 1 unspecified atom stereocenters. The first-order valence-corrected chi connectivity index (χ1v) is 5.31. The van der Waals surface area contributed by atoms with Crippen LogP contribution in [0.3, 0.4) is 0 Å². The van der Waals surface area contributed by atoms with Gasteiger partial charge in [0.25, 0.3) is 0 Å². The summed E-state index contributed by atoms with van der Waals surface area (Å²) in [5, 5.41) is 9.47. The number of hydrogen-bond donors (Lipinski definition) is 1. The van der Waals surface area contributed by atoms with Gasteiger partial charge in [0.2, 0.25) is 0 Å². The van der Waals surface area contributed by atoms with E-state index in [0.29, 0.717) is 5.57 Å². The summed E-state index contributed by atoms with van der Waals surface area (Å²) < 4.78 is 5.41. The molecular formula is C14H10O3. The number of rotatable bonds is 1. The molecule has 3 heteroatoms. The van der Waals surface area contributed by atoms with E-state index in [1.165, 1.54) is 6.08 Å². The zero-order valence-corrected chi connectivity index (χ0v) is 8.96. The summed E-state index contributed by atoms with van der Waals surface area (Å²) >= 11 is 0. The van der Waals surface area contributed by atoms with E-state index in [0.717, 1.165) is 5.56 Å². The quantitative estimate of drug-likeness (QED) is 0.748. The molecule has 0 bridgehead atoms. The number of benzene rings is 1. The number of fused-ring (bicyclic) bond motifs is 1. The maximum atomic E-state index is 11.5. The Morgan fingerprint density at radius 3 is 2.65 bits per heavy atom. The number of aliphatic hydroxyl groups excluding tert-OH is 1. The molecule has 3 nitrogen and oxygen atoms in total. The summed E-state index contributed by atoms with van der Waals surface area (Å²) in [6.45, 7) is 0. The van der Waals surface area contributed by atoms with Crippen LogP contribution in [0.2, 0.25) is 0 Å². The molecule has 0 saturated heterocycles. The van der Waals surface area contributed by atoms with Crippen molar-refractivity contribution in [3.63, 3.8) is 0 Å². The van der Waals surface area contributed by atoms with E-state index in [9.17, 15) is 9.90 Å². The summed E-state index contributed by atoms with van der Waals surface area (Å²) in [5.74, 6) is -0.263. The molecule has 0 saturated carbocycles. The fraction of sp³-hybridized carbons (Fsp3) is 0.0714. The minimum absolute atomic E-state index is 0.126. The number of carbonyl (C=O) groups excluding carboxylic acids is 1. The monoisotopic (exact) mass is 226 g/mol. The van der Waals surface area contributed by atoms with E-state index < -0.39 is 5.60 Å². The molecule has 1 aromatic rings. The van der Waals surface area contributed by atoms with Crippen molar-refractivity contribution in [2.45, 2.75) is 5.60 Å². The Labute approximate surface area is 98.3 Å². The van der Waals surface area contributed by atoms with E-state index in [2.05, 4.69) is 0 Å². The van der Waals surface area contributed by atoms with E-state index in [1.807, 2.05) is 30.3 Å². The van der Waals surface area contributed by atoms with E-state index in [1.54, 1.807) is 18.2 Å². The van der Waals surface area contributed by atoms with Gasteiger partial charge in [-0.15, -0.1) is 0 Å². The Kier molecular flexibility index (Phi) is 1.95. The van der Waals surface area contributed by atoms with Gasteiger partial charge in [0.05, 0.1) is 0 Å². The molecule has 1 heterocycles. The van der Waals surface area contributed by atoms with Crippen LogP contribution in [0.4, 0.5) is 0 Å². The second-order valence-corrected chi connectivity index (χ2v) is 4.02. The largest absolute Gasteiger partial charge is 0.508 e. The Morgan fingerprint density at radius 2 is 1.88 bits per heavy atom. The van der Waals surface area contributed by atoms with Crippen LogP contribution in [-0.4, -0.2) is 11.1 Å². The van der Waals surface area contributed by atoms with Crippen LogP contribution in [0.25, 0.3) is 0 Å². The zero-order valence-electron chi connectivity index (χ0n) is 8.96. The SMILES string of the molecule is O=C1C=C2C=C(O)C=CC2(c2ccccc2)O1. The van der Waals surface area contributed by atoms with Crippen molar-refractivity contribution in [2.24, 2.45) is 0 Å². The van der Waals surface area contributed by atoms with Gasteiger partial charge < -0.3 is 9.84 Å². The molecule has 0 aromatic heterocycles. The van der Waals surface area contributed by atoms with Gasteiger partial charge in [-0.1, -0.05) is 30.3 Å². The Hall–Kier alpha value is -2.29. The number of ether oxygens (including phenoxy) is 1. The van der Waals surface area contributed by atoms with Gasteiger partial charge in [-0.2, -0.15) is 0 Å². The molecule has 84 valence electrons. The van der Waals surface area contributed by atoms with Crippen LogP contribution in [0, 0.1) is 0 Å². The van der Waals surface area contributed by atoms with Crippen molar-refractivity contribution in [3.8, 4) is 0 Å². The summed E-state index contributed by atoms with van der Waals surface area (Å²) in [4.78, 5) is 11.5. The highest BCUT2D eigenvalue weighted by atomic mass is 16.6. The number of aliphatic hydroxyl groups is 1. The predicted octanol–water partition coefficient (Wildman–Crippen LogP) is 2.38. The Balaban J connectivity index is 2.18. The molecule has 2 aliphatic rings. The molecule has 1 atom stereocenters. The summed E-state index contributed by atoms with van der Waals surface area (Å²) in [6, 6.07) is 9.47. The van der Waals surface area contributed by atoms with Gasteiger partial charge in [-0.25, -0.2) is 4.79 Å². The van der Waals surface area contributed by atoms with Crippen molar-refractivity contribution in [1.29, 1.82) is 0 Å². The normalized spacial score (nSPS) is 26.0. The van der Waals surface area contributed by atoms with Gasteiger partial charge in [0.1, 0.15) is 5.76 Å². The standard InChI is InChI=1S/C14H10O3/c15-12-6-7-14(10-4-2-1-3-5-10)11(8-12)9-13(16)17-14/h1-9,15H. The second-order valence-electron chi connectivity index (χ2n) is 4.02. The maximum Gasteiger partial charge on any atom is 0.332 e. The van der Waals surface area contributed by atoms with Crippen LogP contribution in [0.5, 0.6) is 0 Å². The first-order valence-electron chi connectivity index (χ1n) is 5.31. The molecule has 0 spiro atoms. The molecule has 0 amide bonds. The number of allylic oxidation sites excluding steroid dienone is 1. The second kappa shape index (κ2) is 3.35. The summed E-state index contributed by atoms with van der Waals surface area (Å²) in [6.07, 6.45) is 6.21. The Bertz CT molecular complexity index is 566. The summed E-state index contributed by atoms with van der Waals surface area (Å²) in [7, 11) is 0. The van der Waals surface area contributed by atoms with Crippen LogP contribution in [0.15, 0.2) is 66.0 Å². The third-order valence-electron chi connectivity index (χ3n) is 2.96.